The molecular formula is C16H17FN2. The van der Waals surface area contributed by atoms with Crippen molar-refractivity contribution in [3.05, 3.63) is 40.8 Å². The molecule has 1 saturated carbocycles. The van der Waals surface area contributed by atoms with Crippen molar-refractivity contribution in [2.45, 2.75) is 44.7 Å². The molecule has 0 saturated heterocycles. The van der Waals surface area contributed by atoms with Crippen molar-refractivity contribution in [2.75, 3.05) is 0 Å². The molecule has 1 aromatic heterocycles. The van der Waals surface area contributed by atoms with Gasteiger partial charge >= 0.3 is 0 Å². The molecule has 0 unspecified atom stereocenters. The molecule has 1 N–H and O–H groups in total. The summed E-state index contributed by atoms with van der Waals surface area (Å²) in [7, 11) is 0. The minimum Gasteiger partial charge on any atom is -0.310 e. The van der Waals surface area contributed by atoms with Crippen LogP contribution in [0.4, 0.5) is 4.39 Å². The lowest BCUT2D eigenvalue weighted by molar-refractivity contribution is 0.629. The Kier molecular flexibility index (Phi) is 2.55. The normalized spacial score (nSPS) is 17.9. The molecule has 0 spiro atoms. The third-order valence-corrected chi connectivity index (χ3v) is 4.24. The summed E-state index contributed by atoms with van der Waals surface area (Å²) in [4.78, 5) is 4.71. The zero-order valence-corrected chi connectivity index (χ0v) is 10.9. The number of benzene rings is 1. The van der Waals surface area contributed by atoms with Crippen LogP contribution in [0.3, 0.4) is 0 Å². The smallest absolute Gasteiger partial charge is 0.123 e. The Hall–Kier alpha value is -1.48. The molecular weight excluding hydrogens is 239 g/mol. The molecule has 1 heterocycles. The van der Waals surface area contributed by atoms with E-state index in [9.17, 15) is 4.39 Å². The van der Waals surface area contributed by atoms with E-state index in [2.05, 4.69) is 5.32 Å². The predicted molar refractivity (Wildman–Crippen MR) is 73.6 cm³/mol. The van der Waals surface area contributed by atoms with Gasteiger partial charge in [0.1, 0.15) is 5.82 Å². The number of rotatable bonds is 3. The monoisotopic (exact) mass is 256 g/mol. The van der Waals surface area contributed by atoms with E-state index < -0.39 is 0 Å². The number of nitrogens with zero attached hydrogens (tertiary/aromatic N) is 1. The Morgan fingerprint density at radius 2 is 2.16 bits per heavy atom. The van der Waals surface area contributed by atoms with Crippen LogP contribution in [0.25, 0.3) is 10.9 Å². The van der Waals surface area contributed by atoms with E-state index in [1.807, 2.05) is 6.07 Å². The van der Waals surface area contributed by atoms with Gasteiger partial charge in [0.05, 0.1) is 5.52 Å². The van der Waals surface area contributed by atoms with Crippen LogP contribution in [0, 0.1) is 5.82 Å². The standard InChI is InChI=1S/C16H17FN2/c17-10-4-7-16-13(8-10)14(9-18-11-5-6-11)12-2-1-3-15(12)19-16/h4,7-8,11,18H,1-3,5-6,9H2. The van der Waals surface area contributed by atoms with Gasteiger partial charge in [-0.1, -0.05) is 0 Å². The van der Waals surface area contributed by atoms with Gasteiger partial charge in [0, 0.05) is 23.7 Å². The van der Waals surface area contributed by atoms with Gasteiger partial charge < -0.3 is 5.32 Å². The molecule has 2 aliphatic carbocycles. The molecule has 0 atom stereocenters. The predicted octanol–water partition coefficient (Wildman–Crippen LogP) is 3.11. The summed E-state index contributed by atoms with van der Waals surface area (Å²) in [5.74, 6) is -0.167. The third-order valence-electron chi connectivity index (χ3n) is 4.24. The van der Waals surface area contributed by atoms with Gasteiger partial charge in [0.2, 0.25) is 0 Å². The molecule has 1 fully saturated rings. The summed E-state index contributed by atoms with van der Waals surface area (Å²) in [5, 5.41) is 4.56. The molecule has 98 valence electrons. The van der Waals surface area contributed by atoms with Crippen LogP contribution in [0.2, 0.25) is 0 Å². The average Bonchev–Trinajstić information content (AvgIpc) is 3.12. The third kappa shape index (κ3) is 2.02. The minimum absolute atomic E-state index is 0.167. The van der Waals surface area contributed by atoms with Gasteiger partial charge in [-0.3, -0.25) is 4.98 Å². The maximum absolute atomic E-state index is 13.5. The molecule has 4 rings (SSSR count). The maximum Gasteiger partial charge on any atom is 0.123 e. The van der Waals surface area contributed by atoms with Crippen LogP contribution < -0.4 is 5.32 Å². The molecule has 3 heteroatoms. The first-order valence-electron chi connectivity index (χ1n) is 7.14. The lowest BCUT2D eigenvalue weighted by Crippen LogP contribution is -2.17. The molecule has 1 aromatic carbocycles. The number of aromatic nitrogens is 1. The summed E-state index contributed by atoms with van der Waals surface area (Å²) in [5.41, 5.74) is 4.82. The van der Waals surface area contributed by atoms with E-state index in [-0.39, 0.29) is 5.82 Å². The molecule has 0 radical (unpaired) electrons. The molecule has 2 nitrogen and oxygen atoms in total. The van der Waals surface area contributed by atoms with E-state index >= 15 is 0 Å². The van der Waals surface area contributed by atoms with Crippen molar-refractivity contribution >= 4 is 10.9 Å². The lowest BCUT2D eigenvalue weighted by Gasteiger charge is -2.13. The summed E-state index contributed by atoms with van der Waals surface area (Å²) in [6, 6.07) is 5.64. The number of aryl methyl sites for hydroxylation is 1. The highest BCUT2D eigenvalue weighted by molar-refractivity contribution is 5.84. The van der Waals surface area contributed by atoms with Crippen LogP contribution in [-0.2, 0) is 19.4 Å². The number of pyridine rings is 1. The second kappa shape index (κ2) is 4.27. The highest BCUT2D eigenvalue weighted by Gasteiger charge is 2.23. The van der Waals surface area contributed by atoms with Crippen LogP contribution in [0.5, 0.6) is 0 Å². The van der Waals surface area contributed by atoms with Crippen LogP contribution >= 0.6 is 0 Å². The van der Waals surface area contributed by atoms with E-state index in [1.165, 1.54) is 42.1 Å². The Bertz CT molecular complexity index is 647. The van der Waals surface area contributed by atoms with E-state index in [0.29, 0.717) is 6.04 Å². The first kappa shape index (κ1) is 11.4. The Morgan fingerprint density at radius 3 is 3.00 bits per heavy atom. The summed E-state index contributed by atoms with van der Waals surface area (Å²) in [6.07, 6.45) is 5.90. The Morgan fingerprint density at radius 1 is 1.26 bits per heavy atom. The fourth-order valence-corrected chi connectivity index (χ4v) is 3.07. The second-order valence-corrected chi connectivity index (χ2v) is 5.69. The zero-order valence-electron chi connectivity index (χ0n) is 10.9. The lowest BCUT2D eigenvalue weighted by atomic mass is 10.0. The highest BCUT2D eigenvalue weighted by Crippen LogP contribution is 2.31. The summed E-state index contributed by atoms with van der Waals surface area (Å²) in [6.45, 7) is 0.857. The first-order chi connectivity index (χ1) is 9.31. The molecule has 2 aliphatic rings. The van der Waals surface area contributed by atoms with Gasteiger partial charge in [-0.2, -0.15) is 0 Å². The van der Waals surface area contributed by atoms with Crippen LogP contribution in [0.1, 0.15) is 36.1 Å². The fraction of sp³-hybridized carbons (Fsp3) is 0.438. The molecule has 19 heavy (non-hydrogen) atoms. The zero-order chi connectivity index (χ0) is 12.8. The van der Waals surface area contributed by atoms with E-state index in [4.69, 9.17) is 4.98 Å². The van der Waals surface area contributed by atoms with Crippen molar-refractivity contribution in [3.8, 4) is 0 Å². The molecule has 0 aliphatic heterocycles. The van der Waals surface area contributed by atoms with Crippen molar-refractivity contribution in [1.29, 1.82) is 0 Å². The minimum atomic E-state index is -0.167. The highest BCUT2D eigenvalue weighted by atomic mass is 19.1. The van der Waals surface area contributed by atoms with E-state index in [0.717, 1.165) is 30.3 Å². The van der Waals surface area contributed by atoms with Crippen molar-refractivity contribution in [1.82, 2.24) is 10.3 Å². The van der Waals surface area contributed by atoms with Gasteiger partial charge in [0.25, 0.3) is 0 Å². The summed E-state index contributed by atoms with van der Waals surface area (Å²) >= 11 is 0. The number of hydrogen-bond donors (Lipinski definition) is 1. The Labute approximate surface area is 112 Å². The molecule has 0 bridgehead atoms. The maximum atomic E-state index is 13.5. The number of halogens is 1. The number of nitrogens with one attached hydrogen (secondary N) is 1. The summed E-state index contributed by atoms with van der Waals surface area (Å²) < 4.78 is 13.5. The second-order valence-electron chi connectivity index (χ2n) is 5.69. The largest absolute Gasteiger partial charge is 0.310 e. The topological polar surface area (TPSA) is 24.9 Å². The van der Waals surface area contributed by atoms with Gasteiger partial charge in [-0.05, 0) is 61.4 Å². The van der Waals surface area contributed by atoms with E-state index in [1.54, 1.807) is 6.07 Å². The van der Waals surface area contributed by atoms with Crippen molar-refractivity contribution in [2.24, 2.45) is 0 Å². The van der Waals surface area contributed by atoms with Gasteiger partial charge in [-0.15, -0.1) is 0 Å². The number of fused-ring (bicyclic) bond motifs is 2. The molecule has 0 amide bonds. The average molecular weight is 256 g/mol. The molecule has 2 aromatic rings. The number of hydrogen-bond acceptors (Lipinski definition) is 2. The Balaban J connectivity index is 1.86. The van der Waals surface area contributed by atoms with Gasteiger partial charge in [0.15, 0.2) is 0 Å². The van der Waals surface area contributed by atoms with Crippen molar-refractivity contribution < 1.29 is 4.39 Å². The van der Waals surface area contributed by atoms with Crippen LogP contribution in [-0.4, -0.2) is 11.0 Å². The van der Waals surface area contributed by atoms with Crippen LogP contribution in [0.15, 0.2) is 18.2 Å². The quantitative estimate of drug-likeness (QED) is 0.912. The van der Waals surface area contributed by atoms with Gasteiger partial charge in [-0.25, -0.2) is 4.39 Å². The fourth-order valence-electron chi connectivity index (χ4n) is 3.07. The first-order valence-corrected chi connectivity index (χ1v) is 7.14. The SMILES string of the molecule is Fc1ccc2nc3c(c(CNC4CC4)c2c1)CCC3. The van der Waals surface area contributed by atoms with Crippen molar-refractivity contribution in [3.63, 3.8) is 0 Å².